The average molecular weight is 388 g/mol. The van der Waals surface area contributed by atoms with Crippen molar-refractivity contribution in [3.05, 3.63) is 34.9 Å². The predicted octanol–water partition coefficient (Wildman–Crippen LogP) is 4.49. The van der Waals surface area contributed by atoms with Gasteiger partial charge >= 0.3 is 0 Å². The summed E-state index contributed by atoms with van der Waals surface area (Å²) in [7, 11) is 0. The second kappa shape index (κ2) is 10.2. The van der Waals surface area contributed by atoms with Crippen molar-refractivity contribution in [2.75, 3.05) is 11.5 Å². The Labute approximate surface area is 153 Å². The van der Waals surface area contributed by atoms with Crippen molar-refractivity contribution in [2.45, 2.75) is 35.0 Å². The van der Waals surface area contributed by atoms with Crippen molar-refractivity contribution in [1.29, 1.82) is 0 Å². The fraction of sp³-hybridized carbons (Fsp3) is 0.400. The predicted molar refractivity (Wildman–Crippen MR) is 99.6 cm³/mol. The molecule has 0 bridgehead atoms. The molecular weight excluding hydrogens is 370 g/mol. The van der Waals surface area contributed by atoms with Crippen LogP contribution in [-0.2, 0) is 11.3 Å². The molecule has 23 heavy (non-hydrogen) atoms. The molecule has 2 aromatic rings. The standard InChI is InChI=1S/C15H18ClN3OS3/c1-2-3-8-21-14-18-19-15(23-14)22-10-13(20)17-9-11-4-6-12(16)7-5-11/h4-7H,2-3,8-10H2,1H3,(H,17,20). The summed E-state index contributed by atoms with van der Waals surface area (Å²) in [5.41, 5.74) is 1.03. The topological polar surface area (TPSA) is 54.9 Å². The maximum Gasteiger partial charge on any atom is 0.230 e. The number of nitrogens with one attached hydrogen (secondary N) is 1. The Morgan fingerprint density at radius 3 is 2.61 bits per heavy atom. The number of unbranched alkanes of at least 4 members (excludes halogenated alkanes) is 1. The zero-order valence-corrected chi connectivity index (χ0v) is 16.0. The molecular formula is C15H18ClN3OS3. The lowest BCUT2D eigenvalue weighted by molar-refractivity contribution is -0.118. The summed E-state index contributed by atoms with van der Waals surface area (Å²) in [5.74, 6) is 1.40. The summed E-state index contributed by atoms with van der Waals surface area (Å²) in [6.45, 7) is 2.68. The van der Waals surface area contributed by atoms with Gasteiger partial charge in [0, 0.05) is 17.3 Å². The zero-order chi connectivity index (χ0) is 16.5. The lowest BCUT2D eigenvalue weighted by atomic mass is 10.2. The summed E-state index contributed by atoms with van der Waals surface area (Å²) in [6, 6.07) is 7.44. The Morgan fingerprint density at radius 1 is 1.22 bits per heavy atom. The number of nitrogens with zero attached hydrogens (tertiary/aromatic N) is 2. The number of aromatic nitrogens is 2. The minimum Gasteiger partial charge on any atom is -0.351 e. The van der Waals surface area contributed by atoms with Crippen LogP contribution in [0.25, 0.3) is 0 Å². The summed E-state index contributed by atoms with van der Waals surface area (Å²) in [6.07, 6.45) is 2.36. The molecule has 0 aliphatic heterocycles. The van der Waals surface area contributed by atoms with E-state index in [1.807, 2.05) is 24.3 Å². The number of thioether (sulfide) groups is 2. The van der Waals surface area contributed by atoms with Crippen molar-refractivity contribution in [3.8, 4) is 0 Å². The first-order valence-corrected chi connectivity index (χ1v) is 10.4. The normalized spacial score (nSPS) is 10.7. The van der Waals surface area contributed by atoms with Crippen molar-refractivity contribution >= 4 is 52.4 Å². The van der Waals surface area contributed by atoms with Crippen molar-refractivity contribution in [1.82, 2.24) is 15.5 Å². The number of carbonyl (C=O) groups is 1. The first-order valence-electron chi connectivity index (χ1n) is 7.27. The van der Waals surface area contributed by atoms with Crippen molar-refractivity contribution in [3.63, 3.8) is 0 Å². The average Bonchev–Trinajstić information content (AvgIpc) is 3.00. The van der Waals surface area contributed by atoms with Crippen LogP contribution in [-0.4, -0.2) is 27.6 Å². The molecule has 0 saturated carbocycles. The highest BCUT2D eigenvalue weighted by Gasteiger charge is 2.08. The number of hydrogen-bond acceptors (Lipinski definition) is 6. The van der Waals surface area contributed by atoms with Gasteiger partial charge in [0.2, 0.25) is 5.91 Å². The highest BCUT2D eigenvalue weighted by molar-refractivity contribution is 8.03. The number of amides is 1. The van der Waals surface area contributed by atoms with E-state index in [9.17, 15) is 4.79 Å². The van der Waals surface area contributed by atoms with E-state index in [-0.39, 0.29) is 5.91 Å². The van der Waals surface area contributed by atoms with Gasteiger partial charge in [-0.2, -0.15) is 0 Å². The third kappa shape index (κ3) is 7.12. The monoisotopic (exact) mass is 387 g/mol. The Balaban J connectivity index is 1.68. The van der Waals surface area contributed by atoms with Gasteiger partial charge < -0.3 is 5.32 Å². The molecule has 4 nitrogen and oxygen atoms in total. The molecule has 2 rings (SSSR count). The quantitative estimate of drug-likeness (QED) is 0.507. The van der Waals surface area contributed by atoms with Gasteiger partial charge in [0.05, 0.1) is 5.75 Å². The number of halogens is 1. The zero-order valence-electron chi connectivity index (χ0n) is 12.8. The van der Waals surface area contributed by atoms with Crippen LogP contribution in [0.4, 0.5) is 0 Å². The molecule has 124 valence electrons. The number of rotatable bonds is 9. The highest BCUT2D eigenvalue weighted by Crippen LogP contribution is 2.29. The molecule has 1 aromatic heterocycles. The molecule has 0 unspecified atom stereocenters. The molecule has 1 aromatic carbocycles. The van der Waals surface area contributed by atoms with E-state index in [1.54, 1.807) is 23.1 Å². The molecule has 0 spiro atoms. The minimum absolute atomic E-state index is 0.0136. The molecule has 0 aliphatic rings. The molecule has 0 atom stereocenters. The summed E-state index contributed by atoms with van der Waals surface area (Å²) >= 11 is 10.5. The van der Waals surface area contributed by atoms with Crippen molar-refractivity contribution in [2.24, 2.45) is 0 Å². The number of benzene rings is 1. The molecule has 1 amide bonds. The Bertz CT molecular complexity index is 619. The Kier molecular flexibility index (Phi) is 8.22. The van der Waals surface area contributed by atoms with E-state index in [2.05, 4.69) is 22.4 Å². The third-order valence-electron chi connectivity index (χ3n) is 2.84. The van der Waals surface area contributed by atoms with Gasteiger partial charge in [-0.25, -0.2) is 0 Å². The molecule has 1 N–H and O–H groups in total. The van der Waals surface area contributed by atoms with Crippen LogP contribution in [0.2, 0.25) is 5.02 Å². The van der Waals surface area contributed by atoms with Gasteiger partial charge in [-0.1, -0.05) is 71.9 Å². The molecule has 8 heteroatoms. The Hall–Kier alpha value is -0.760. The SMILES string of the molecule is CCCCSc1nnc(SCC(=O)NCc2ccc(Cl)cc2)s1. The van der Waals surface area contributed by atoms with Crippen molar-refractivity contribution < 1.29 is 4.79 Å². The van der Waals surface area contributed by atoms with Gasteiger partial charge in [-0.05, 0) is 24.1 Å². The van der Waals surface area contributed by atoms with E-state index < -0.39 is 0 Å². The molecule has 0 aliphatic carbocycles. The molecule has 0 radical (unpaired) electrons. The molecule has 1 heterocycles. The number of hydrogen-bond donors (Lipinski definition) is 1. The van der Waals surface area contributed by atoms with Gasteiger partial charge in [0.15, 0.2) is 8.68 Å². The summed E-state index contributed by atoms with van der Waals surface area (Å²) in [4.78, 5) is 11.9. The van der Waals surface area contributed by atoms with E-state index in [0.717, 1.165) is 20.0 Å². The van der Waals surface area contributed by atoms with Gasteiger partial charge in [-0.15, -0.1) is 10.2 Å². The van der Waals surface area contributed by atoms with Crippen LogP contribution in [0.15, 0.2) is 32.9 Å². The molecule has 0 fully saturated rings. The highest BCUT2D eigenvalue weighted by atomic mass is 35.5. The van der Waals surface area contributed by atoms with E-state index in [1.165, 1.54) is 24.6 Å². The summed E-state index contributed by atoms with van der Waals surface area (Å²) < 4.78 is 1.81. The largest absolute Gasteiger partial charge is 0.351 e. The second-order valence-corrected chi connectivity index (χ2v) is 8.71. The van der Waals surface area contributed by atoms with Crippen LogP contribution in [0.3, 0.4) is 0 Å². The van der Waals surface area contributed by atoms with Crippen LogP contribution < -0.4 is 5.32 Å². The van der Waals surface area contributed by atoms with Crippen LogP contribution in [0.5, 0.6) is 0 Å². The Morgan fingerprint density at radius 2 is 1.91 bits per heavy atom. The maximum absolute atomic E-state index is 11.9. The van der Waals surface area contributed by atoms with E-state index >= 15 is 0 Å². The second-order valence-electron chi connectivity index (χ2n) is 4.73. The third-order valence-corrected chi connectivity index (χ3v) is 6.37. The fourth-order valence-electron chi connectivity index (χ4n) is 1.60. The van der Waals surface area contributed by atoms with Gasteiger partial charge in [-0.3, -0.25) is 4.79 Å². The smallest absolute Gasteiger partial charge is 0.230 e. The first kappa shape index (κ1) is 18.6. The van der Waals surface area contributed by atoms with Gasteiger partial charge in [0.25, 0.3) is 0 Å². The summed E-state index contributed by atoms with van der Waals surface area (Å²) in [5, 5.41) is 11.8. The van der Waals surface area contributed by atoms with E-state index in [4.69, 9.17) is 11.6 Å². The van der Waals surface area contributed by atoms with Crippen LogP contribution >= 0.6 is 46.5 Å². The number of carbonyl (C=O) groups excluding carboxylic acids is 1. The van der Waals surface area contributed by atoms with Gasteiger partial charge in [0.1, 0.15) is 0 Å². The van der Waals surface area contributed by atoms with Crippen LogP contribution in [0, 0.1) is 0 Å². The molecule has 0 saturated heterocycles. The minimum atomic E-state index is -0.0136. The van der Waals surface area contributed by atoms with Crippen LogP contribution in [0.1, 0.15) is 25.3 Å². The lowest BCUT2D eigenvalue weighted by Crippen LogP contribution is -2.24. The lowest BCUT2D eigenvalue weighted by Gasteiger charge is -2.04. The fourth-order valence-corrected chi connectivity index (χ4v) is 4.73. The first-order chi connectivity index (χ1) is 11.2. The maximum atomic E-state index is 11.9. The van der Waals surface area contributed by atoms with E-state index in [0.29, 0.717) is 17.3 Å².